The van der Waals surface area contributed by atoms with Crippen LogP contribution in [0.25, 0.3) is 16.5 Å². The molecule has 1 aliphatic rings. The van der Waals surface area contributed by atoms with Crippen molar-refractivity contribution in [3.63, 3.8) is 0 Å². The fourth-order valence-electron chi connectivity index (χ4n) is 3.34. The molecular formula is C20H21BrN2S2. The fourth-order valence-corrected chi connectivity index (χ4v) is 5.65. The molecule has 25 heavy (non-hydrogen) atoms. The first kappa shape index (κ1) is 17.4. The molecule has 0 fully saturated rings. The highest BCUT2D eigenvalue weighted by Gasteiger charge is 2.16. The van der Waals surface area contributed by atoms with Crippen molar-refractivity contribution in [1.29, 1.82) is 0 Å². The number of para-hydroxylation sites is 1. The monoisotopic (exact) mass is 432 g/mol. The van der Waals surface area contributed by atoms with Gasteiger partial charge in [-0.25, -0.2) is 0 Å². The molecule has 1 aromatic carbocycles. The predicted molar refractivity (Wildman–Crippen MR) is 115 cm³/mol. The number of thiophene rings is 1. The van der Waals surface area contributed by atoms with Crippen LogP contribution in [0, 0.1) is 0 Å². The number of H-pyrrole nitrogens is 1. The number of nitrogens with one attached hydrogen (secondary N) is 2. The van der Waals surface area contributed by atoms with Gasteiger partial charge in [0.2, 0.25) is 0 Å². The zero-order chi connectivity index (χ0) is 17.1. The van der Waals surface area contributed by atoms with Gasteiger partial charge in [-0.05, 0) is 63.2 Å². The lowest BCUT2D eigenvalue weighted by atomic mass is 9.99. The first-order valence-electron chi connectivity index (χ1n) is 8.60. The molecule has 2 nitrogen and oxygen atoms in total. The second-order valence-electron chi connectivity index (χ2n) is 6.33. The number of thioether (sulfide) groups is 1. The minimum absolute atomic E-state index is 0.603. The Labute approximate surface area is 165 Å². The summed E-state index contributed by atoms with van der Waals surface area (Å²) in [6.07, 6.45) is 6.87. The van der Waals surface area contributed by atoms with E-state index in [1.807, 2.05) is 23.1 Å². The molecule has 2 N–H and O–H groups in total. The second kappa shape index (κ2) is 8.12. The Balaban J connectivity index is 1.28. The molecule has 1 atom stereocenters. The molecular weight excluding hydrogens is 412 g/mol. The van der Waals surface area contributed by atoms with Crippen LogP contribution in [0.1, 0.15) is 23.3 Å². The van der Waals surface area contributed by atoms with Crippen molar-refractivity contribution in [3.8, 4) is 0 Å². The van der Waals surface area contributed by atoms with E-state index < -0.39 is 0 Å². The van der Waals surface area contributed by atoms with E-state index in [-0.39, 0.29) is 0 Å². The Hall–Kier alpha value is -1.01. The summed E-state index contributed by atoms with van der Waals surface area (Å²) in [7, 11) is 0. The summed E-state index contributed by atoms with van der Waals surface area (Å²) in [5, 5.41) is 7.15. The van der Waals surface area contributed by atoms with E-state index in [0.29, 0.717) is 6.04 Å². The average Bonchev–Trinajstić information content (AvgIpc) is 3.30. The summed E-state index contributed by atoms with van der Waals surface area (Å²) in [6.45, 7) is 0.999. The highest BCUT2D eigenvalue weighted by Crippen LogP contribution is 2.30. The van der Waals surface area contributed by atoms with E-state index in [4.69, 9.17) is 0 Å². The maximum Gasteiger partial charge on any atom is 0.0601 e. The van der Waals surface area contributed by atoms with Crippen LogP contribution in [0.2, 0.25) is 0 Å². The molecule has 0 aliphatic carbocycles. The van der Waals surface area contributed by atoms with Crippen LogP contribution in [-0.4, -0.2) is 23.3 Å². The summed E-state index contributed by atoms with van der Waals surface area (Å²) >= 11 is 7.50. The van der Waals surface area contributed by atoms with Crippen molar-refractivity contribution in [3.05, 3.63) is 62.9 Å². The van der Waals surface area contributed by atoms with Crippen molar-refractivity contribution in [1.82, 2.24) is 10.3 Å². The molecule has 1 aliphatic heterocycles. The van der Waals surface area contributed by atoms with Crippen molar-refractivity contribution >= 4 is 55.5 Å². The number of benzene rings is 1. The Morgan fingerprint density at radius 3 is 3.08 bits per heavy atom. The molecule has 4 rings (SSSR count). The molecule has 0 radical (unpaired) electrons. The summed E-state index contributed by atoms with van der Waals surface area (Å²) in [5.74, 6) is 2.26. The standard InChI is InChI=1S/C20H21BrN2S2/c21-18-4-1-3-17-15(12-23-20(17)18)13-24-10-7-16-11-14(6-8-22-16)19-5-2-9-25-19/h1-6,9,12,16,22-23H,7-8,10-11,13H2. The van der Waals surface area contributed by atoms with Gasteiger partial charge in [0.05, 0.1) is 5.52 Å². The summed E-state index contributed by atoms with van der Waals surface area (Å²) in [5.41, 5.74) is 4.13. The van der Waals surface area contributed by atoms with Crippen LogP contribution >= 0.6 is 39.0 Å². The topological polar surface area (TPSA) is 27.8 Å². The zero-order valence-electron chi connectivity index (χ0n) is 13.9. The Morgan fingerprint density at radius 2 is 2.20 bits per heavy atom. The number of rotatable bonds is 6. The highest BCUT2D eigenvalue weighted by molar-refractivity contribution is 9.10. The van der Waals surface area contributed by atoms with Gasteiger partial charge in [0.25, 0.3) is 0 Å². The van der Waals surface area contributed by atoms with Crippen molar-refractivity contribution in [2.75, 3.05) is 12.3 Å². The van der Waals surface area contributed by atoms with Gasteiger partial charge in [-0.1, -0.05) is 24.3 Å². The quantitative estimate of drug-likeness (QED) is 0.463. The maximum atomic E-state index is 3.64. The summed E-state index contributed by atoms with van der Waals surface area (Å²) < 4.78 is 1.14. The lowest BCUT2D eigenvalue weighted by Gasteiger charge is -2.23. The first-order valence-corrected chi connectivity index (χ1v) is 11.4. The van der Waals surface area contributed by atoms with Crippen molar-refractivity contribution in [2.45, 2.75) is 24.6 Å². The van der Waals surface area contributed by atoms with E-state index >= 15 is 0 Å². The molecule has 130 valence electrons. The number of halogens is 1. The molecule has 5 heteroatoms. The van der Waals surface area contributed by atoms with E-state index in [1.54, 1.807) is 0 Å². The molecule has 3 aromatic rings. The van der Waals surface area contributed by atoms with Gasteiger partial charge in [0, 0.05) is 39.3 Å². The Bertz CT molecular complexity index is 867. The molecule has 0 spiro atoms. The van der Waals surface area contributed by atoms with Crippen LogP contribution in [0.3, 0.4) is 0 Å². The molecule has 0 amide bonds. The third kappa shape index (κ3) is 4.05. The highest BCUT2D eigenvalue weighted by atomic mass is 79.9. The number of aromatic amines is 1. The smallest absolute Gasteiger partial charge is 0.0601 e. The third-order valence-corrected chi connectivity index (χ3v) is 7.32. The minimum Gasteiger partial charge on any atom is -0.360 e. The predicted octanol–water partition coefficient (Wildman–Crippen LogP) is 6.06. The van der Waals surface area contributed by atoms with Crippen molar-refractivity contribution in [2.24, 2.45) is 0 Å². The van der Waals surface area contributed by atoms with Gasteiger partial charge in [-0.2, -0.15) is 11.8 Å². The van der Waals surface area contributed by atoms with Gasteiger partial charge in [-0.15, -0.1) is 11.3 Å². The SMILES string of the molecule is Brc1cccc2c(CSCCC3CC(c4cccs4)=CCN3)c[nH]c12. The average molecular weight is 433 g/mol. The van der Waals surface area contributed by atoms with Gasteiger partial charge < -0.3 is 10.3 Å². The molecule has 0 saturated carbocycles. The van der Waals surface area contributed by atoms with Gasteiger partial charge in [0.15, 0.2) is 0 Å². The van der Waals surface area contributed by atoms with Crippen LogP contribution < -0.4 is 5.32 Å². The minimum atomic E-state index is 0.603. The summed E-state index contributed by atoms with van der Waals surface area (Å²) in [6, 6.07) is 11.4. The lowest BCUT2D eigenvalue weighted by molar-refractivity contribution is 0.525. The number of aromatic nitrogens is 1. The van der Waals surface area contributed by atoms with E-state index in [0.717, 1.165) is 23.2 Å². The van der Waals surface area contributed by atoms with Crippen LogP contribution in [0.4, 0.5) is 0 Å². The van der Waals surface area contributed by atoms with Crippen LogP contribution in [0.15, 0.2) is 52.5 Å². The molecule has 0 bridgehead atoms. The van der Waals surface area contributed by atoms with Gasteiger partial charge >= 0.3 is 0 Å². The first-order chi connectivity index (χ1) is 12.3. The number of fused-ring (bicyclic) bond motifs is 1. The maximum absolute atomic E-state index is 3.64. The van der Waals surface area contributed by atoms with Gasteiger partial charge in [-0.3, -0.25) is 0 Å². The van der Waals surface area contributed by atoms with E-state index in [1.165, 1.54) is 39.1 Å². The largest absolute Gasteiger partial charge is 0.360 e. The summed E-state index contributed by atoms with van der Waals surface area (Å²) in [4.78, 5) is 4.82. The van der Waals surface area contributed by atoms with E-state index in [9.17, 15) is 0 Å². The Morgan fingerprint density at radius 1 is 1.24 bits per heavy atom. The van der Waals surface area contributed by atoms with Crippen LogP contribution in [0.5, 0.6) is 0 Å². The number of hydrogen-bond donors (Lipinski definition) is 2. The molecule has 3 heterocycles. The lowest BCUT2D eigenvalue weighted by Crippen LogP contribution is -2.33. The van der Waals surface area contributed by atoms with Crippen molar-refractivity contribution < 1.29 is 0 Å². The second-order valence-corrected chi connectivity index (χ2v) is 9.24. The molecule has 2 aromatic heterocycles. The van der Waals surface area contributed by atoms with Gasteiger partial charge in [0.1, 0.15) is 0 Å². The fraction of sp³-hybridized carbons (Fsp3) is 0.300. The molecule has 1 unspecified atom stereocenters. The third-order valence-electron chi connectivity index (χ3n) is 4.68. The molecule has 0 saturated heterocycles. The Kier molecular flexibility index (Phi) is 5.66. The van der Waals surface area contributed by atoms with E-state index in [2.05, 4.69) is 74.2 Å². The van der Waals surface area contributed by atoms with Crippen LogP contribution in [-0.2, 0) is 5.75 Å². The zero-order valence-corrected chi connectivity index (χ0v) is 17.1. The normalized spacial score (nSPS) is 17.8. The number of hydrogen-bond acceptors (Lipinski definition) is 3.